The molecule has 0 atom stereocenters. The fourth-order valence-corrected chi connectivity index (χ4v) is 3.05. The highest BCUT2D eigenvalue weighted by Crippen LogP contribution is 2.20. The molecule has 1 aromatic heterocycles. The van der Waals surface area contributed by atoms with E-state index in [1.807, 2.05) is 32.9 Å². The summed E-state index contributed by atoms with van der Waals surface area (Å²) in [5.41, 5.74) is 1.98. The molecule has 1 aromatic carbocycles. The van der Waals surface area contributed by atoms with Crippen LogP contribution in [0.5, 0.6) is 0 Å². The van der Waals surface area contributed by atoms with Gasteiger partial charge >= 0.3 is 6.09 Å². The number of furan rings is 1. The Morgan fingerprint density at radius 3 is 2.35 bits per heavy atom. The molecule has 0 spiro atoms. The molecular formula is C21H28N2O3. The number of piperazine rings is 1. The molecule has 1 amide bonds. The first-order chi connectivity index (χ1) is 12.4. The van der Waals surface area contributed by atoms with Gasteiger partial charge in [-0.05, 0) is 44.9 Å². The Balaban J connectivity index is 1.43. The monoisotopic (exact) mass is 356 g/mol. The zero-order valence-corrected chi connectivity index (χ0v) is 15.9. The van der Waals surface area contributed by atoms with Gasteiger partial charge in [0, 0.05) is 38.3 Å². The third-order valence-electron chi connectivity index (χ3n) is 4.50. The normalized spacial score (nSPS) is 15.9. The van der Waals surface area contributed by atoms with Gasteiger partial charge in [-0.3, -0.25) is 4.90 Å². The molecular weight excluding hydrogens is 328 g/mol. The largest absolute Gasteiger partial charge is 0.464 e. The highest BCUT2D eigenvalue weighted by molar-refractivity contribution is 5.68. The van der Waals surface area contributed by atoms with E-state index in [4.69, 9.17) is 9.15 Å². The van der Waals surface area contributed by atoms with Crippen molar-refractivity contribution in [1.29, 1.82) is 0 Å². The maximum absolute atomic E-state index is 12.1. The van der Waals surface area contributed by atoms with Crippen molar-refractivity contribution in [2.24, 2.45) is 0 Å². The summed E-state index contributed by atoms with van der Waals surface area (Å²) in [6.07, 6.45) is 2.50. The van der Waals surface area contributed by atoms with Gasteiger partial charge in [0.05, 0.1) is 6.26 Å². The van der Waals surface area contributed by atoms with Crippen LogP contribution < -0.4 is 0 Å². The lowest BCUT2D eigenvalue weighted by Crippen LogP contribution is -2.50. The minimum Gasteiger partial charge on any atom is -0.464 e. The van der Waals surface area contributed by atoms with E-state index in [9.17, 15) is 4.79 Å². The fourth-order valence-electron chi connectivity index (χ4n) is 3.05. The van der Waals surface area contributed by atoms with Gasteiger partial charge in [-0.25, -0.2) is 4.79 Å². The standard InChI is InChI=1S/C21H28N2O3/c1-21(2,3)26-20(24)23-14-12-22(13-15-23)11-10-17-6-8-18(9-7-17)19-5-4-16-25-19/h4-9,16H,10-15H2,1-3H3. The summed E-state index contributed by atoms with van der Waals surface area (Å²) in [6.45, 7) is 9.95. The maximum atomic E-state index is 12.1. The van der Waals surface area contributed by atoms with Crippen molar-refractivity contribution < 1.29 is 13.9 Å². The smallest absolute Gasteiger partial charge is 0.410 e. The molecule has 2 aromatic rings. The predicted molar refractivity (Wildman–Crippen MR) is 102 cm³/mol. The summed E-state index contributed by atoms with van der Waals surface area (Å²) in [5, 5.41) is 0. The molecule has 0 unspecified atom stereocenters. The molecule has 3 rings (SSSR count). The number of rotatable bonds is 4. The van der Waals surface area contributed by atoms with E-state index in [0.29, 0.717) is 0 Å². The van der Waals surface area contributed by atoms with Crippen molar-refractivity contribution in [3.8, 4) is 11.3 Å². The molecule has 0 saturated carbocycles. The summed E-state index contributed by atoms with van der Waals surface area (Å²) in [4.78, 5) is 16.3. The minimum atomic E-state index is -0.434. The Morgan fingerprint density at radius 1 is 1.08 bits per heavy atom. The van der Waals surface area contributed by atoms with Gasteiger partial charge in [-0.2, -0.15) is 0 Å². The molecule has 0 bridgehead atoms. The highest BCUT2D eigenvalue weighted by atomic mass is 16.6. The first kappa shape index (κ1) is 18.5. The van der Waals surface area contributed by atoms with Crippen molar-refractivity contribution in [1.82, 2.24) is 9.80 Å². The van der Waals surface area contributed by atoms with Crippen LogP contribution in [0.4, 0.5) is 4.79 Å². The summed E-state index contributed by atoms with van der Waals surface area (Å²) >= 11 is 0. The van der Waals surface area contributed by atoms with Gasteiger partial charge in [0.2, 0.25) is 0 Å². The van der Waals surface area contributed by atoms with E-state index < -0.39 is 5.60 Å². The molecule has 1 aliphatic heterocycles. The molecule has 0 aliphatic carbocycles. The fraction of sp³-hybridized carbons (Fsp3) is 0.476. The molecule has 1 aliphatic rings. The number of benzene rings is 1. The van der Waals surface area contributed by atoms with Gasteiger partial charge < -0.3 is 14.1 Å². The van der Waals surface area contributed by atoms with E-state index in [1.54, 1.807) is 11.2 Å². The molecule has 0 N–H and O–H groups in total. The van der Waals surface area contributed by atoms with E-state index in [2.05, 4.69) is 29.2 Å². The van der Waals surface area contributed by atoms with Crippen LogP contribution in [0.1, 0.15) is 26.3 Å². The Labute approximate surface area is 155 Å². The van der Waals surface area contributed by atoms with Gasteiger partial charge in [0.15, 0.2) is 0 Å². The number of hydrogen-bond acceptors (Lipinski definition) is 4. The molecule has 0 radical (unpaired) electrons. The van der Waals surface area contributed by atoms with E-state index in [-0.39, 0.29) is 6.09 Å². The summed E-state index contributed by atoms with van der Waals surface area (Å²) in [7, 11) is 0. The summed E-state index contributed by atoms with van der Waals surface area (Å²) in [5.74, 6) is 0.898. The van der Waals surface area contributed by atoms with Crippen LogP contribution in [0.3, 0.4) is 0 Å². The van der Waals surface area contributed by atoms with Crippen LogP contribution in [0.15, 0.2) is 47.1 Å². The third kappa shape index (κ3) is 5.11. The van der Waals surface area contributed by atoms with Gasteiger partial charge in [-0.15, -0.1) is 0 Å². The average Bonchev–Trinajstić information content (AvgIpc) is 3.14. The minimum absolute atomic E-state index is 0.203. The SMILES string of the molecule is CC(C)(C)OC(=O)N1CCN(CCc2ccc(-c3ccco3)cc2)CC1. The zero-order valence-electron chi connectivity index (χ0n) is 15.9. The highest BCUT2D eigenvalue weighted by Gasteiger charge is 2.25. The lowest BCUT2D eigenvalue weighted by atomic mass is 10.1. The van der Waals surface area contributed by atoms with Gasteiger partial charge in [0.25, 0.3) is 0 Å². The molecule has 5 nitrogen and oxygen atoms in total. The second-order valence-electron chi connectivity index (χ2n) is 7.73. The van der Waals surface area contributed by atoms with Crippen LogP contribution in [0.25, 0.3) is 11.3 Å². The molecule has 140 valence electrons. The summed E-state index contributed by atoms with van der Waals surface area (Å²) < 4.78 is 10.9. The van der Waals surface area contributed by atoms with E-state index in [1.165, 1.54) is 5.56 Å². The molecule has 1 saturated heterocycles. The van der Waals surface area contributed by atoms with Crippen molar-refractivity contribution in [3.63, 3.8) is 0 Å². The van der Waals surface area contributed by atoms with Gasteiger partial charge in [-0.1, -0.05) is 24.3 Å². The average molecular weight is 356 g/mol. The van der Waals surface area contributed by atoms with Crippen LogP contribution in [0.2, 0.25) is 0 Å². The summed E-state index contributed by atoms with van der Waals surface area (Å²) in [6, 6.07) is 12.4. The number of nitrogens with zero attached hydrogens (tertiary/aromatic N) is 2. The lowest BCUT2D eigenvalue weighted by molar-refractivity contribution is 0.0146. The van der Waals surface area contributed by atoms with Crippen molar-refractivity contribution in [2.75, 3.05) is 32.7 Å². The second kappa shape index (κ2) is 7.96. The van der Waals surface area contributed by atoms with Crippen molar-refractivity contribution in [3.05, 3.63) is 48.2 Å². The Morgan fingerprint density at radius 2 is 1.77 bits per heavy atom. The molecule has 1 fully saturated rings. The zero-order chi connectivity index (χ0) is 18.6. The number of amides is 1. The van der Waals surface area contributed by atoms with Crippen LogP contribution >= 0.6 is 0 Å². The topological polar surface area (TPSA) is 45.9 Å². The van der Waals surface area contributed by atoms with Gasteiger partial charge in [0.1, 0.15) is 11.4 Å². The first-order valence-electron chi connectivity index (χ1n) is 9.24. The van der Waals surface area contributed by atoms with Crippen LogP contribution in [-0.4, -0.2) is 54.2 Å². The van der Waals surface area contributed by atoms with Crippen molar-refractivity contribution >= 4 is 6.09 Å². The Kier molecular flexibility index (Phi) is 5.67. The maximum Gasteiger partial charge on any atom is 0.410 e. The Hall–Kier alpha value is -2.27. The van der Waals surface area contributed by atoms with Crippen LogP contribution in [0, 0.1) is 0 Å². The molecule has 2 heterocycles. The second-order valence-corrected chi connectivity index (χ2v) is 7.73. The predicted octanol–water partition coefficient (Wildman–Crippen LogP) is 4.04. The number of ether oxygens (including phenoxy) is 1. The Bertz CT molecular complexity index is 694. The third-order valence-corrected chi connectivity index (χ3v) is 4.50. The van der Waals surface area contributed by atoms with Crippen molar-refractivity contribution in [2.45, 2.75) is 32.8 Å². The van der Waals surface area contributed by atoms with Crippen LogP contribution in [-0.2, 0) is 11.2 Å². The lowest BCUT2D eigenvalue weighted by Gasteiger charge is -2.35. The van der Waals surface area contributed by atoms with E-state index >= 15 is 0 Å². The van der Waals surface area contributed by atoms with E-state index in [0.717, 1.165) is 50.5 Å². The molecule has 26 heavy (non-hydrogen) atoms. The number of carbonyl (C=O) groups is 1. The quantitative estimate of drug-likeness (QED) is 0.829. The first-order valence-corrected chi connectivity index (χ1v) is 9.24. The number of carbonyl (C=O) groups excluding carboxylic acids is 1. The molecule has 5 heteroatoms. The number of hydrogen-bond donors (Lipinski definition) is 0.